The van der Waals surface area contributed by atoms with E-state index in [2.05, 4.69) is 4.72 Å². The second-order valence-corrected chi connectivity index (χ2v) is 8.93. The topological polar surface area (TPSA) is 58.6 Å². The minimum Gasteiger partial charge on any atom is -0.378 e. The summed E-state index contributed by atoms with van der Waals surface area (Å²) in [4.78, 5) is 2.02. The Morgan fingerprint density at radius 2 is 1.87 bits per heavy atom. The Balaban J connectivity index is 1.95. The van der Waals surface area contributed by atoms with E-state index in [0.29, 0.717) is 47.0 Å². The number of anilines is 2. The van der Waals surface area contributed by atoms with Crippen LogP contribution in [0, 0.1) is 0 Å². The van der Waals surface area contributed by atoms with Crippen LogP contribution in [-0.2, 0) is 14.8 Å². The maximum atomic E-state index is 12.5. The highest BCUT2D eigenvalue weighted by atomic mass is 35.5. The SMILES string of the molecule is O=S(=O)(Nc1cccc(Cl)c1N1CCOCC1)c1ccc(Cl)s1. The molecule has 2 heterocycles. The van der Waals surface area contributed by atoms with Gasteiger partial charge in [-0.2, -0.15) is 0 Å². The maximum Gasteiger partial charge on any atom is 0.271 e. The molecule has 23 heavy (non-hydrogen) atoms. The van der Waals surface area contributed by atoms with Gasteiger partial charge in [-0.25, -0.2) is 8.42 Å². The van der Waals surface area contributed by atoms with Crippen molar-refractivity contribution >= 4 is 55.9 Å². The van der Waals surface area contributed by atoms with Gasteiger partial charge in [0.25, 0.3) is 10.0 Å². The predicted molar refractivity (Wildman–Crippen MR) is 94.6 cm³/mol. The van der Waals surface area contributed by atoms with Crippen molar-refractivity contribution in [2.75, 3.05) is 35.9 Å². The molecule has 0 spiro atoms. The molecule has 1 N–H and O–H groups in total. The lowest BCUT2D eigenvalue weighted by Gasteiger charge is -2.31. The average Bonchev–Trinajstić information content (AvgIpc) is 2.95. The summed E-state index contributed by atoms with van der Waals surface area (Å²) in [5.41, 5.74) is 1.12. The fourth-order valence-electron chi connectivity index (χ4n) is 2.34. The molecule has 1 aromatic carbocycles. The van der Waals surface area contributed by atoms with Gasteiger partial charge in [0.1, 0.15) is 4.21 Å². The van der Waals surface area contributed by atoms with E-state index in [0.717, 1.165) is 11.3 Å². The fraction of sp³-hybridized carbons (Fsp3) is 0.286. The number of halogens is 2. The molecule has 0 saturated carbocycles. The average molecular weight is 393 g/mol. The maximum absolute atomic E-state index is 12.5. The van der Waals surface area contributed by atoms with Crippen LogP contribution in [0.4, 0.5) is 11.4 Å². The first-order valence-electron chi connectivity index (χ1n) is 6.87. The van der Waals surface area contributed by atoms with Crippen LogP contribution in [0.5, 0.6) is 0 Å². The number of hydrogen-bond donors (Lipinski definition) is 1. The number of benzene rings is 1. The van der Waals surface area contributed by atoms with Crippen LogP contribution < -0.4 is 9.62 Å². The van der Waals surface area contributed by atoms with Crippen LogP contribution in [0.25, 0.3) is 0 Å². The zero-order chi connectivity index (χ0) is 16.4. The van der Waals surface area contributed by atoms with Crippen LogP contribution in [0.15, 0.2) is 34.5 Å². The smallest absolute Gasteiger partial charge is 0.271 e. The predicted octanol–water partition coefficient (Wildman–Crippen LogP) is 3.69. The molecule has 1 aliphatic heterocycles. The summed E-state index contributed by atoms with van der Waals surface area (Å²) in [5.74, 6) is 0. The minimum absolute atomic E-state index is 0.162. The van der Waals surface area contributed by atoms with Crippen LogP contribution >= 0.6 is 34.5 Å². The zero-order valence-electron chi connectivity index (χ0n) is 12.0. The number of thiophene rings is 1. The molecule has 0 bridgehead atoms. The molecule has 1 aromatic heterocycles. The van der Waals surface area contributed by atoms with Gasteiger partial charge in [-0.15, -0.1) is 11.3 Å². The lowest BCUT2D eigenvalue weighted by atomic mass is 10.2. The van der Waals surface area contributed by atoms with Crippen molar-refractivity contribution in [2.45, 2.75) is 4.21 Å². The minimum atomic E-state index is -3.70. The van der Waals surface area contributed by atoms with Crippen molar-refractivity contribution in [1.82, 2.24) is 0 Å². The summed E-state index contributed by atoms with van der Waals surface area (Å²) in [5, 5.41) is 0.497. The summed E-state index contributed by atoms with van der Waals surface area (Å²) in [6, 6.07) is 8.19. The molecule has 0 atom stereocenters. The van der Waals surface area contributed by atoms with Crippen molar-refractivity contribution in [3.63, 3.8) is 0 Å². The Labute approximate surface area is 148 Å². The number of hydrogen-bond acceptors (Lipinski definition) is 5. The third kappa shape index (κ3) is 3.75. The normalized spacial score (nSPS) is 15.7. The van der Waals surface area contributed by atoms with E-state index in [-0.39, 0.29) is 4.21 Å². The van der Waals surface area contributed by atoms with Crippen LogP contribution in [0.2, 0.25) is 9.36 Å². The summed E-state index contributed by atoms with van der Waals surface area (Å²) >= 11 is 13.1. The number of sulfonamides is 1. The van der Waals surface area contributed by atoms with Gasteiger partial charge in [0.05, 0.1) is 33.9 Å². The molecule has 0 unspecified atom stereocenters. The van der Waals surface area contributed by atoms with Crippen molar-refractivity contribution in [2.24, 2.45) is 0 Å². The van der Waals surface area contributed by atoms with Crippen molar-refractivity contribution in [3.05, 3.63) is 39.7 Å². The summed E-state index contributed by atoms with van der Waals surface area (Å²) in [7, 11) is -3.70. The van der Waals surface area contributed by atoms with Gasteiger partial charge < -0.3 is 9.64 Å². The van der Waals surface area contributed by atoms with Gasteiger partial charge in [0.2, 0.25) is 0 Å². The largest absolute Gasteiger partial charge is 0.378 e. The summed E-state index contributed by atoms with van der Waals surface area (Å²) in [6.45, 7) is 2.47. The van der Waals surface area contributed by atoms with E-state index in [1.54, 1.807) is 24.3 Å². The summed E-state index contributed by atoms with van der Waals surface area (Å²) < 4.78 is 33.6. The molecule has 1 fully saturated rings. The Bertz CT molecular complexity index is 802. The standard InChI is InChI=1S/C14H14Cl2N2O3S2/c15-10-2-1-3-11(14(10)18-6-8-21-9-7-18)17-23(19,20)13-5-4-12(16)22-13/h1-5,17H,6-9H2. The second-order valence-electron chi connectivity index (χ2n) is 4.90. The second kappa shape index (κ2) is 6.86. The Morgan fingerprint density at radius 1 is 1.13 bits per heavy atom. The monoisotopic (exact) mass is 392 g/mol. The molecule has 0 radical (unpaired) electrons. The Morgan fingerprint density at radius 3 is 2.52 bits per heavy atom. The van der Waals surface area contributed by atoms with E-state index >= 15 is 0 Å². The van der Waals surface area contributed by atoms with E-state index in [1.807, 2.05) is 4.90 Å². The lowest BCUT2D eigenvalue weighted by molar-refractivity contribution is 0.123. The van der Waals surface area contributed by atoms with Gasteiger partial charge in [-0.1, -0.05) is 29.3 Å². The van der Waals surface area contributed by atoms with E-state index < -0.39 is 10.0 Å². The molecule has 1 aliphatic rings. The van der Waals surface area contributed by atoms with Crippen LogP contribution in [0.3, 0.4) is 0 Å². The first kappa shape index (κ1) is 16.9. The molecule has 9 heteroatoms. The third-order valence-electron chi connectivity index (χ3n) is 3.37. The first-order chi connectivity index (χ1) is 11.0. The third-order valence-corrected chi connectivity index (χ3v) is 6.77. The van der Waals surface area contributed by atoms with Crippen molar-refractivity contribution in [3.8, 4) is 0 Å². The quantitative estimate of drug-likeness (QED) is 0.861. The molecule has 0 amide bonds. The van der Waals surface area contributed by atoms with Crippen molar-refractivity contribution < 1.29 is 13.2 Å². The van der Waals surface area contributed by atoms with E-state index in [4.69, 9.17) is 27.9 Å². The number of ether oxygens (including phenoxy) is 1. The van der Waals surface area contributed by atoms with Crippen LogP contribution in [0.1, 0.15) is 0 Å². The number of para-hydroxylation sites is 1. The molecule has 5 nitrogen and oxygen atoms in total. The number of morpholine rings is 1. The summed E-state index contributed by atoms with van der Waals surface area (Å²) in [6.07, 6.45) is 0. The number of nitrogens with zero attached hydrogens (tertiary/aromatic N) is 1. The fourth-order valence-corrected chi connectivity index (χ4v) is 5.19. The Hall–Kier alpha value is -0.990. The van der Waals surface area contributed by atoms with Gasteiger partial charge >= 0.3 is 0 Å². The molecule has 1 saturated heterocycles. The highest BCUT2D eigenvalue weighted by Crippen LogP contribution is 2.36. The molecule has 3 rings (SSSR count). The van der Waals surface area contributed by atoms with E-state index in [9.17, 15) is 8.42 Å². The van der Waals surface area contributed by atoms with Gasteiger partial charge in [0, 0.05) is 13.1 Å². The van der Waals surface area contributed by atoms with Gasteiger partial charge in [-0.05, 0) is 24.3 Å². The first-order valence-corrected chi connectivity index (χ1v) is 9.92. The molecule has 124 valence electrons. The number of rotatable bonds is 4. The van der Waals surface area contributed by atoms with E-state index in [1.165, 1.54) is 6.07 Å². The Kier molecular flexibility index (Phi) is 5.03. The van der Waals surface area contributed by atoms with Crippen LogP contribution in [-0.4, -0.2) is 34.7 Å². The molecular weight excluding hydrogens is 379 g/mol. The van der Waals surface area contributed by atoms with Gasteiger partial charge in [0.15, 0.2) is 0 Å². The highest BCUT2D eigenvalue weighted by Gasteiger charge is 2.23. The van der Waals surface area contributed by atoms with Gasteiger partial charge in [-0.3, -0.25) is 4.72 Å². The lowest BCUT2D eigenvalue weighted by Crippen LogP contribution is -2.37. The number of nitrogens with one attached hydrogen (secondary N) is 1. The molecular formula is C14H14Cl2N2O3S2. The molecule has 2 aromatic rings. The van der Waals surface area contributed by atoms with Crippen molar-refractivity contribution in [1.29, 1.82) is 0 Å². The zero-order valence-corrected chi connectivity index (χ0v) is 15.1. The highest BCUT2D eigenvalue weighted by molar-refractivity contribution is 7.94. The molecule has 0 aliphatic carbocycles.